The van der Waals surface area contributed by atoms with E-state index in [1.54, 1.807) is 6.92 Å². The summed E-state index contributed by atoms with van der Waals surface area (Å²) in [5.74, 6) is -0.465. The van der Waals surface area contributed by atoms with Gasteiger partial charge >= 0.3 is 5.69 Å². The Morgan fingerprint density at radius 2 is 1.72 bits per heavy atom. The van der Waals surface area contributed by atoms with Gasteiger partial charge in [-0.1, -0.05) is 36.4 Å². The van der Waals surface area contributed by atoms with Crippen molar-refractivity contribution >= 4 is 23.4 Å². The highest BCUT2D eigenvalue weighted by Crippen LogP contribution is 2.38. The van der Waals surface area contributed by atoms with E-state index in [-0.39, 0.29) is 36.0 Å². The molecule has 11 heteroatoms. The molecule has 1 amide bonds. The quantitative estimate of drug-likeness (QED) is 0.182. The van der Waals surface area contributed by atoms with Crippen molar-refractivity contribution in [2.75, 3.05) is 6.61 Å². The number of benzene rings is 3. The van der Waals surface area contributed by atoms with E-state index in [1.807, 2.05) is 36.4 Å². The van der Waals surface area contributed by atoms with E-state index in [0.29, 0.717) is 5.56 Å². The van der Waals surface area contributed by atoms with Gasteiger partial charge < -0.3 is 14.8 Å². The fourth-order valence-corrected chi connectivity index (χ4v) is 3.12. The summed E-state index contributed by atoms with van der Waals surface area (Å²) in [7, 11) is 0. The minimum absolute atomic E-state index is 0.109. The van der Waals surface area contributed by atoms with Gasteiger partial charge in [0.15, 0.2) is 11.5 Å². The largest absolute Gasteiger partial charge is 0.490 e. The van der Waals surface area contributed by atoms with Crippen LogP contribution in [0.25, 0.3) is 6.08 Å². The number of nitrogens with one attached hydrogen (secondary N) is 1. The smallest absolute Gasteiger partial charge is 0.318 e. The molecule has 3 aromatic rings. The summed E-state index contributed by atoms with van der Waals surface area (Å²) in [5, 5.41) is 34.5. The van der Waals surface area contributed by atoms with E-state index < -0.39 is 27.1 Å². The van der Waals surface area contributed by atoms with Gasteiger partial charge in [0.1, 0.15) is 11.6 Å². The first-order chi connectivity index (χ1) is 17.3. The predicted molar refractivity (Wildman–Crippen MR) is 129 cm³/mol. The third kappa shape index (κ3) is 6.42. The molecule has 3 rings (SSSR count). The Morgan fingerprint density at radius 3 is 2.36 bits per heavy atom. The molecule has 182 valence electrons. The van der Waals surface area contributed by atoms with Gasteiger partial charge in [-0.3, -0.25) is 25.0 Å². The summed E-state index contributed by atoms with van der Waals surface area (Å²) in [6, 6.07) is 18.6. The SMILES string of the molecule is CCOc1cc(/C=C(\C#N)C(=O)NCc2ccccc2)ccc1Oc1ccc([N+](=O)[O-])cc1[N+](=O)[O-]. The first-order valence-corrected chi connectivity index (χ1v) is 10.6. The van der Waals surface area contributed by atoms with Gasteiger partial charge in [0.2, 0.25) is 5.75 Å². The average molecular weight is 488 g/mol. The topological polar surface area (TPSA) is 158 Å². The van der Waals surface area contributed by atoms with Gasteiger partial charge in [0, 0.05) is 12.6 Å². The van der Waals surface area contributed by atoms with Crippen LogP contribution in [0.3, 0.4) is 0 Å². The first kappa shape index (κ1) is 25.4. The lowest BCUT2D eigenvalue weighted by Crippen LogP contribution is -2.23. The number of hydrogen-bond acceptors (Lipinski definition) is 8. The minimum atomic E-state index is -0.785. The van der Waals surface area contributed by atoms with Crippen LogP contribution < -0.4 is 14.8 Å². The number of rotatable bonds is 10. The Labute approximate surface area is 205 Å². The summed E-state index contributed by atoms with van der Waals surface area (Å²) in [5.41, 5.74) is 0.165. The van der Waals surface area contributed by atoms with Crippen molar-refractivity contribution in [1.82, 2.24) is 5.32 Å². The molecule has 11 nitrogen and oxygen atoms in total. The molecule has 0 saturated heterocycles. The Kier molecular flexibility index (Phi) is 8.29. The van der Waals surface area contributed by atoms with Crippen LogP contribution >= 0.6 is 0 Å². The standard InChI is InChI=1S/C25H20N4O7/c1-2-35-24-13-18(12-19(15-26)25(30)27-16-17-6-4-3-5-7-17)8-10-23(24)36-22-11-9-20(28(31)32)14-21(22)29(33)34/h3-14H,2,16H2,1H3,(H,27,30)/b19-12+. The number of carbonyl (C=O) groups is 1. The molecule has 0 aliphatic carbocycles. The molecular formula is C25H20N4O7. The Morgan fingerprint density at radius 1 is 1.00 bits per heavy atom. The number of amides is 1. The molecule has 0 spiro atoms. The van der Waals surface area contributed by atoms with Gasteiger partial charge in [-0.15, -0.1) is 0 Å². The molecule has 1 N–H and O–H groups in total. The minimum Gasteiger partial charge on any atom is -0.490 e. The number of nitriles is 1. The normalized spacial score (nSPS) is 10.7. The summed E-state index contributed by atoms with van der Waals surface area (Å²) in [6.45, 7) is 2.20. The zero-order valence-electron chi connectivity index (χ0n) is 19.0. The van der Waals surface area contributed by atoms with Crippen LogP contribution in [0.15, 0.2) is 72.3 Å². The molecule has 0 aromatic heterocycles. The van der Waals surface area contributed by atoms with Crippen LogP contribution in [-0.2, 0) is 11.3 Å². The Hall–Kier alpha value is -5.24. The lowest BCUT2D eigenvalue weighted by atomic mass is 10.1. The number of nitrogens with zero attached hydrogens (tertiary/aromatic N) is 3. The van der Waals surface area contributed by atoms with Crippen molar-refractivity contribution in [2.24, 2.45) is 0 Å². The van der Waals surface area contributed by atoms with Crippen molar-refractivity contribution in [3.8, 4) is 23.3 Å². The van der Waals surface area contributed by atoms with Gasteiger partial charge in [-0.2, -0.15) is 5.26 Å². The lowest BCUT2D eigenvalue weighted by Gasteiger charge is -2.12. The molecule has 0 heterocycles. The molecule has 0 unspecified atom stereocenters. The van der Waals surface area contributed by atoms with Crippen LogP contribution in [0.2, 0.25) is 0 Å². The highest BCUT2D eigenvalue weighted by molar-refractivity contribution is 6.01. The fraction of sp³-hybridized carbons (Fsp3) is 0.120. The Balaban J connectivity index is 1.86. The molecule has 0 bridgehead atoms. The van der Waals surface area contributed by atoms with Crippen molar-refractivity contribution in [3.05, 3.63) is 104 Å². The molecule has 0 radical (unpaired) electrons. The van der Waals surface area contributed by atoms with Crippen LogP contribution in [0.5, 0.6) is 17.2 Å². The third-order valence-corrected chi connectivity index (χ3v) is 4.81. The van der Waals surface area contributed by atoms with Crippen LogP contribution in [0, 0.1) is 31.6 Å². The second kappa shape index (κ2) is 11.8. The zero-order valence-corrected chi connectivity index (χ0v) is 19.0. The van der Waals surface area contributed by atoms with E-state index in [2.05, 4.69) is 5.32 Å². The van der Waals surface area contributed by atoms with Crippen molar-refractivity contribution in [2.45, 2.75) is 13.5 Å². The predicted octanol–water partition coefficient (Wildman–Crippen LogP) is 4.92. The first-order valence-electron chi connectivity index (χ1n) is 10.6. The van der Waals surface area contributed by atoms with Crippen molar-refractivity contribution < 1.29 is 24.1 Å². The molecular weight excluding hydrogens is 468 g/mol. The summed E-state index contributed by atoms with van der Waals surface area (Å²) in [6.07, 6.45) is 1.38. The van der Waals surface area contributed by atoms with Gasteiger partial charge in [-0.25, -0.2) is 0 Å². The maximum absolute atomic E-state index is 12.5. The highest BCUT2D eigenvalue weighted by Gasteiger charge is 2.22. The average Bonchev–Trinajstić information content (AvgIpc) is 2.88. The fourth-order valence-electron chi connectivity index (χ4n) is 3.12. The number of nitro benzene ring substituents is 2. The second-order valence-corrected chi connectivity index (χ2v) is 7.25. The summed E-state index contributed by atoms with van der Waals surface area (Å²) >= 11 is 0. The zero-order chi connectivity index (χ0) is 26.1. The maximum Gasteiger partial charge on any atom is 0.318 e. The third-order valence-electron chi connectivity index (χ3n) is 4.81. The summed E-state index contributed by atoms with van der Waals surface area (Å²) in [4.78, 5) is 33.3. The summed E-state index contributed by atoms with van der Waals surface area (Å²) < 4.78 is 11.2. The molecule has 0 fully saturated rings. The van der Waals surface area contributed by atoms with Gasteiger partial charge in [-0.05, 0) is 42.3 Å². The molecule has 0 atom stereocenters. The number of non-ortho nitro benzene ring substituents is 1. The number of ether oxygens (including phenoxy) is 2. The Bertz CT molecular complexity index is 1360. The number of hydrogen-bond donors (Lipinski definition) is 1. The number of nitro groups is 2. The number of carbonyl (C=O) groups excluding carboxylic acids is 1. The molecule has 36 heavy (non-hydrogen) atoms. The monoisotopic (exact) mass is 488 g/mol. The molecule has 0 aliphatic rings. The van der Waals surface area contributed by atoms with Crippen molar-refractivity contribution in [1.29, 1.82) is 5.26 Å². The molecule has 0 saturated carbocycles. The van der Waals surface area contributed by atoms with Gasteiger partial charge in [0.05, 0.1) is 22.5 Å². The van der Waals surface area contributed by atoms with E-state index in [9.17, 15) is 30.3 Å². The second-order valence-electron chi connectivity index (χ2n) is 7.25. The van der Waals surface area contributed by atoms with Crippen LogP contribution in [-0.4, -0.2) is 22.4 Å². The molecule has 3 aromatic carbocycles. The molecule has 0 aliphatic heterocycles. The van der Waals surface area contributed by atoms with E-state index in [1.165, 1.54) is 24.3 Å². The highest BCUT2D eigenvalue weighted by atomic mass is 16.6. The van der Waals surface area contributed by atoms with Gasteiger partial charge in [0.25, 0.3) is 11.6 Å². The van der Waals surface area contributed by atoms with E-state index in [4.69, 9.17) is 9.47 Å². The maximum atomic E-state index is 12.5. The lowest BCUT2D eigenvalue weighted by molar-refractivity contribution is -0.394. The van der Waals surface area contributed by atoms with E-state index >= 15 is 0 Å². The van der Waals surface area contributed by atoms with Crippen LogP contribution in [0.1, 0.15) is 18.1 Å². The van der Waals surface area contributed by atoms with Crippen LogP contribution in [0.4, 0.5) is 11.4 Å². The van der Waals surface area contributed by atoms with E-state index in [0.717, 1.165) is 23.8 Å². The van der Waals surface area contributed by atoms with Crippen molar-refractivity contribution in [3.63, 3.8) is 0 Å².